The minimum absolute atomic E-state index is 0.700. The van der Waals surface area contributed by atoms with Crippen LogP contribution in [0, 0.1) is 11.3 Å². The number of aryl methyl sites for hydroxylation is 2. The van der Waals surface area contributed by atoms with E-state index in [1.54, 1.807) is 0 Å². The number of fused-ring (bicyclic) bond motifs is 1. The highest BCUT2D eigenvalue weighted by Crippen LogP contribution is 2.27. The van der Waals surface area contributed by atoms with Gasteiger partial charge in [0.15, 0.2) is 0 Å². The van der Waals surface area contributed by atoms with Gasteiger partial charge in [-0.1, -0.05) is 13.0 Å². The predicted octanol–water partition coefficient (Wildman–Crippen LogP) is 2.84. The molecule has 0 radical (unpaired) electrons. The summed E-state index contributed by atoms with van der Waals surface area (Å²) in [6.45, 7) is 7.57. The molecule has 1 heterocycles. The zero-order valence-electron chi connectivity index (χ0n) is 10.9. The highest BCUT2D eigenvalue weighted by molar-refractivity contribution is 5.57. The molecule has 94 valence electrons. The third-order valence-corrected chi connectivity index (χ3v) is 3.29. The number of nitriles is 1. The maximum atomic E-state index is 9.29. The Kier molecular flexibility index (Phi) is 3.99. The Hall–Kier alpha value is -1.82. The summed E-state index contributed by atoms with van der Waals surface area (Å²) in [6.07, 6.45) is 6.17. The molecule has 3 nitrogen and oxygen atoms in total. The summed E-state index contributed by atoms with van der Waals surface area (Å²) in [5.74, 6) is 0.833. The Morgan fingerprint density at radius 3 is 3.06 bits per heavy atom. The summed E-state index contributed by atoms with van der Waals surface area (Å²) in [5.41, 5.74) is 3.13. The first-order valence-electron chi connectivity index (χ1n) is 6.58. The lowest BCUT2D eigenvalue weighted by atomic mass is 10.1. The summed E-state index contributed by atoms with van der Waals surface area (Å²) >= 11 is 0. The number of hydrogen-bond acceptors (Lipinski definition) is 3. The Bertz CT molecular complexity index is 485. The van der Waals surface area contributed by atoms with Gasteiger partial charge in [0.25, 0.3) is 0 Å². The van der Waals surface area contributed by atoms with Gasteiger partial charge < -0.3 is 4.90 Å². The quantitative estimate of drug-likeness (QED) is 0.744. The van der Waals surface area contributed by atoms with Crippen LogP contribution in [0.4, 0.5) is 5.82 Å². The summed E-state index contributed by atoms with van der Waals surface area (Å²) in [6, 6.07) is 4.31. The zero-order valence-corrected chi connectivity index (χ0v) is 10.9. The van der Waals surface area contributed by atoms with Crippen LogP contribution >= 0.6 is 0 Å². The number of anilines is 1. The molecule has 0 aromatic carbocycles. The molecule has 18 heavy (non-hydrogen) atoms. The molecule has 1 aliphatic rings. The average molecular weight is 241 g/mol. The molecule has 0 unspecified atom stereocenters. The first-order valence-corrected chi connectivity index (χ1v) is 6.58. The first kappa shape index (κ1) is 12.6. The Morgan fingerprint density at radius 1 is 1.56 bits per heavy atom. The molecule has 0 amide bonds. The summed E-state index contributed by atoms with van der Waals surface area (Å²) in [4.78, 5) is 6.86. The van der Waals surface area contributed by atoms with E-state index in [1.165, 1.54) is 11.3 Å². The fourth-order valence-electron chi connectivity index (χ4n) is 2.49. The maximum absolute atomic E-state index is 9.29. The Balaban J connectivity index is 2.41. The van der Waals surface area contributed by atoms with Gasteiger partial charge in [-0.05, 0) is 37.3 Å². The van der Waals surface area contributed by atoms with Gasteiger partial charge in [-0.25, -0.2) is 4.98 Å². The second-order valence-electron chi connectivity index (χ2n) is 4.67. The van der Waals surface area contributed by atoms with Gasteiger partial charge in [0.05, 0.1) is 5.56 Å². The van der Waals surface area contributed by atoms with E-state index in [9.17, 15) is 5.26 Å². The van der Waals surface area contributed by atoms with Crippen molar-refractivity contribution in [2.75, 3.05) is 18.0 Å². The van der Waals surface area contributed by atoms with Crippen LogP contribution in [-0.2, 0) is 12.8 Å². The molecule has 3 heteroatoms. The molecule has 0 aliphatic heterocycles. The maximum Gasteiger partial charge on any atom is 0.147 e. The van der Waals surface area contributed by atoms with Crippen LogP contribution in [0.2, 0.25) is 0 Å². The molecule has 1 aromatic rings. The number of aromatic nitrogens is 1. The van der Waals surface area contributed by atoms with E-state index in [0.717, 1.165) is 44.6 Å². The topological polar surface area (TPSA) is 39.9 Å². The zero-order chi connectivity index (χ0) is 13.0. The molecule has 0 saturated heterocycles. The van der Waals surface area contributed by atoms with Gasteiger partial charge in [0.2, 0.25) is 0 Å². The number of rotatable bonds is 5. The van der Waals surface area contributed by atoms with Crippen LogP contribution in [0.5, 0.6) is 0 Å². The monoisotopic (exact) mass is 241 g/mol. The second-order valence-corrected chi connectivity index (χ2v) is 4.67. The van der Waals surface area contributed by atoms with Crippen molar-refractivity contribution in [2.45, 2.75) is 32.6 Å². The standard InChI is InChI=1S/C15H19N3/c1-3-8-18(9-4-2)15-13(11-16)10-12-6-5-7-14(12)17-15/h3,10H,1,4-9H2,2H3. The molecule has 0 spiro atoms. The van der Waals surface area contributed by atoms with E-state index in [-0.39, 0.29) is 0 Å². The van der Waals surface area contributed by atoms with Crippen molar-refractivity contribution >= 4 is 5.82 Å². The fourth-order valence-corrected chi connectivity index (χ4v) is 2.49. The molecular formula is C15H19N3. The summed E-state index contributed by atoms with van der Waals surface area (Å²) < 4.78 is 0. The van der Waals surface area contributed by atoms with E-state index in [0.29, 0.717) is 5.56 Å². The molecular weight excluding hydrogens is 222 g/mol. The fraction of sp³-hybridized carbons (Fsp3) is 0.467. The van der Waals surface area contributed by atoms with Crippen LogP contribution in [0.1, 0.15) is 36.6 Å². The Labute approximate surface area is 109 Å². The lowest BCUT2D eigenvalue weighted by Gasteiger charge is -2.23. The molecule has 0 N–H and O–H groups in total. The van der Waals surface area contributed by atoms with E-state index < -0.39 is 0 Å². The molecule has 0 atom stereocenters. The Morgan fingerprint density at radius 2 is 2.39 bits per heavy atom. The summed E-state index contributed by atoms with van der Waals surface area (Å²) in [7, 11) is 0. The first-order chi connectivity index (χ1) is 8.80. The summed E-state index contributed by atoms with van der Waals surface area (Å²) in [5, 5.41) is 9.29. The largest absolute Gasteiger partial charge is 0.352 e. The van der Waals surface area contributed by atoms with Crippen molar-refractivity contribution in [3.05, 3.63) is 35.5 Å². The normalized spacial score (nSPS) is 12.9. The smallest absolute Gasteiger partial charge is 0.147 e. The third-order valence-electron chi connectivity index (χ3n) is 3.29. The third kappa shape index (κ3) is 2.38. The SMILES string of the molecule is C=CCN(CCC)c1nc2c(cc1C#N)CCC2. The van der Waals surface area contributed by atoms with E-state index in [4.69, 9.17) is 4.98 Å². The van der Waals surface area contributed by atoms with Crippen LogP contribution in [0.3, 0.4) is 0 Å². The van der Waals surface area contributed by atoms with Crippen LogP contribution in [-0.4, -0.2) is 18.1 Å². The molecule has 2 rings (SSSR count). The minimum atomic E-state index is 0.700. The van der Waals surface area contributed by atoms with Crippen molar-refractivity contribution in [3.8, 4) is 6.07 Å². The predicted molar refractivity (Wildman–Crippen MR) is 73.7 cm³/mol. The van der Waals surface area contributed by atoms with Gasteiger partial charge in [-0.3, -0.25) is 0 Å². The number of pyridine rings is 1. The van der Waals surface area contributed by atoms with E-state index in [2.05, 4.69) is 24.5 Å². The average Bonchev–Trinajstić information content (AvgIpc) is 2.84. The van der Waals surface area contributed by atoms with Crippen LogP contribution in [0.15, 0.2) is 18.7 Å². The van der Waals surface area contributed by atoms with Gasteiger partial charge in [-0.15, -0.1) is 6.58 Å². The van der Waals surface area contributed by atoms with Crippen molar-refractivity contribution in [3.63, 3.8) is 0 Å². The number of hydrogen-bond donors (Lipinski definition) is 0. The minimum Gasteiger partial charge on any atom is -0.352 e. The van der Waals surface area contributed by atoms with Crippen molar-refractivity contribution in [2.24, 2.45) is 0 Å². The highest BCUT2D eigenvalue weighted by atomic mass is 15.2. The number of nitrogens with zero attached hydrogens (tertiary/aromatic N) is 3. The second kappa shape index (κ2) is 5.68. The molecule has 0 bridgehead atoms. The van der Waals surface area contributed by atoms with E-state index in [1.807, 2.05) is 12.1 Å². The molecule has 1 aromatic heterocycles. The van der Waals surface area contributed by atoms with Gasteiger partial charge >= 0.3 is 0 Å². The molecule has 0 fully saturated rings. The van der Waals surface area contributed by atoms with Crippen LogP contribution in [0.25, 0.3) is 0 Å². The molecule has 1 aliphatic carbocycles. The van der Waals surface area contributed by atoms with Crippen LogP contribution < -0.4 is 4.90 Å². The molecule has 0 saturated carbocycles. The van der Waals surface area contributed by atoms with Gasteiger partial charge in [0, 0.05) is 18.8 Å². The highest BCUT2D eigenvalue weighted by Gasteiger charge is 2.19. The van der Waals surface area contributed by atoms with E-state index >= 15 is 0 Å². The lowest BCUT2D eigenvalue weighted by molar-refractivity contribution is 0.795. The van der Waals surface area contributed by atoms with Crippen molar-refractivity contribution in [1.82, 2.24) is 4.98 Å². The van der Waals surface area contributed by atoms with Gasteiger partial charge in [-0.2, -0.15) is 5.26 Å². The lowest BCUT2D eigenvalue weighted by Crippen LogP contribution is -2.26. The van der Waals surface area contributed by atoms with Crippen molar-refractivity contribution in [1.29, 1.82) is 5.26 Å². The van der Waals surface area contributed by atoms with Crippen molar-refractivity contribution < 1.29 is 0 Å². The van der Waals surface area contributed by atoms with Gasteiger partial charge in [0.1, 0.15) is 11.9 Å².